The van der Waals surface area contributed by atoms with Crippen molar-refractivity contribution in [1.29, 1.82) is 0 Å². The summed E-state index contributed by atoms with van der Waals surface area (Å²) in [7, 11) is 0. The van der Waals surface area contributed by atoms with E-state index >= 15 is 0 Å². The molecule has 1 aromatic heterocycles. The molecule has 8 nitrogen and oxygen atoms in total. The summed E-state index contributed by atoms with van der Waals surface area (Å²) in [6, 6.07) is 12.3. The van der Waals surface area contributed by atoms with Crippen molar-refractivity contribution >= 4 is 56.7 Å². The summed E-state index contributed by atoms with van der Waals surface area (Å²) in [5.74, 6) is 0.908. The van der Waals surface area contributed by atoms with Gasteiger partial charge in [-0.05, 0) is 59.6 Å². The fourth-order valence-electron chi connectivity index (χ4n) is 5.46. The van der Waals surface area contributed by atoms with Crippen molar-refractivity contribution in [2.24, 2.45) is 11.3 Å². The first-order valence-electron chi connectivity index (χ1n) is 14.8. The van der Waals surface area contributed by atoms with Gasteiger partial charge in [-0.3, -0.25) is 14.6 Å². The van der Waals surface area contributed by atoms with E-state index in [1.807, 2.05) is 26.8 Å². The molecule has 3 aromatic rings. The van der Waals surface area contributed by atoms with E-state index in [2.05, 4.69) is 66.2 Å². The molecular weight excluding hydrogens is 570 g/mol. The Balaban J connectivity index is 1.21. The minimum atomic E-state index is -0.723. The van der Waals surface area contributed by atoms with Crippen LogP contribution in [0.1, 0.15) is 52.7 Å². The number of fused-ring (bicyclic) bond motifs is 2. The number of nitrogens with one attached hydrogen (secondary N) is 1. The van der Waals surface area contributed by atoms with Crippen LogP contribution in [0.5, 0.6) is 0 Å². The molecule has 3 heterocycles. The zero-order chi connectivity index (χ0) is 30.2. The second kappa shape index (κ2) is 12.4. The Kier molecular flexibility index (Phi) is 9.02. The summed E-state index contributed by atoms with van der Waals surface area (Å²) in [6.07, 6.45) is -0.175. The normalized spacial score (nSPS) is 17.6. The maximum Gasteiger partial charge on any atom is 0.409 e. The molecule has 2 aliphatic rings. The third-order valence-corrected chi connectivity index (χ3v) is 9.70. The summed E-state index contributed by atoms with van der Waals surface area (Å²) in [5, 5.41) is 4.78. The molecule has 10 heteroatoms. The van der Waals surface area contributed by atoms with Crippen molar-refractivity contribution in [2.75, 3.05) is 42.5 Å². The predicted octanol–water partition coefficient (Wildman–Crippen LogP) is 6.35. The second-order valence-corrected chi connectivity index (χ2v) is 14.1. The number of halogens is 1. The minimum absolute atomic E-state index is 0.0840. The van der Waals surface area contributed by atoms with E-state index in [1.54, 1.807) is 16.4 Å². The molecule has 2 amide bonds. The molecule has 226 valence electrons. The van der Waals surface area contributed by atoms with Gasteiger partial charge in [-0.1, -0.05) is 64.4 Å². The number of rotatable bonds is 8. The number of piperazine rings is 1. The van der Waals surface area contributed by atoms with Gasteiger partial charge in [0.25, 0.3) is 0 Å². The number of benzene rings is 2. The zero-order valence-corrected chi connectivity index (χ0v) is 27.0. The van der Waals surface area contributed by atoms with E-state index in [4.69, 9.17) is 20.7 Å². The Bertz CT molecular complexity index is 1440. The van der Waals surface area contributed by atoms with E-state index in [-0.39, 0.29) is 29.7 Å². The molecule has 1 N–H and O–H groups in total. The van der Waals surface area contributed by atoms with Crippen molar-refractivity contribution in [3.63, 3.8) is 0 Å². The molecule has 5 rings (SSSR count). The molecule has 0 bridgehead atoms. The highest BCUT2D eigenvalue weighted by Gasteiger charge is 2.38. The SMILES string of the molecule is CC(C)C(OC(=O)NC(C)C(C)(C)C)N1C(=O)Cc2cc(CCN3CCN(c4nsc5ccccc45)CC3)c(Cl)cc21. The summed E-state index contributed by atoms with van der Waals surface area (Å²) < 4.78 is 11.8. The molecule has 0 aliphatic carbocycles. The molecular formula is C32H42ClN5O3S. The highest BCUT2D eigenvalue weighted by atomic mass is 35.5. The van der Waals surface area contributed by atoms with E-state index in [9.17, 15) is 9.59 Å². The van der Waals surface area contributed by atoms with Gasteiger partial charge in [0.2, 0.25) is 5.91 Å². The van der Waals surface area contributed by atoms with E-state index in [0.717, 1.165) is 61.8 Å². The smallest absolute Gasteiger partial charge is 0.409 e. The van der Waals surface area contributed by atoms with Crippen molar-refractivity contribution < 1.29 is 14.3 Å². The van der Waals surface area contributed by atoms with Crippen LogP contribution >= 0.6 is 23.1 Å². The highest BCUT2D eigenvalue weighted by molar-refractivity contribution is 7.13. The van der Waals surface area contributed by atoms with E-state index in [1.165, 1.54) is 10.1 Å². The monoisotopic (exact) mass is 611 g/mol. The summed E-state index contributed by atoms with van der Waals surface area (Å²) in [4.78, 5) is 32.5. The second-order valence-electron chi connectivity index (χ2n) is 12.9. The highest BCUT2D eigenvalue weighted by Crippen LogP contribution is 2.37. The first-order valence-corrected chi connectivity index (χ1v) is 16.0. The Labute approximate surface area is 258 Å². The molecule has 0 radical (unpaired) electrons. The fourth-order valence-corrected chi connectivity index (χ4v) is 6.51. The van der Waals surface area contributed by atoms with Crippen LogP contribution in [0.2, 0.25) is 5.02 Å². The average Bonchev–Trinajstić information content (AvgIpc) is 3.50. The van der Waals surface area contributed by atoms with Crippen molar-refractivity contribution in [3.05, 3.63) is 52.5 Å². The molecule has 2 aliphatic heterocycles. The Morgan fingerprint density at radius 2 is 1.83 bits per heavy atom. The summed E-state index contributed by atoms with van der Waals surface area (Å²) >= 11 is 8.36. The van der Waals surface area contributed by atoms with Gasteiger partial charge in [-0.15, -0.1) is 0 Å². The molecule has 0 saturated carbocycles. The first kappa shape index (κ1) is 30.6. The zero-order valence-electron chi connectivity index (χ0n) is 25.4. The Morgan fingerprint density at radius 3 is 2.52 bits per heavy atom. The van der Waals surface area contributed by atoms with Gasteiger partial charge in [0.15, 0.2) is 6.23 Å². The van der Waals surface area contributed by atoms with E-state index < -0.39 is 12.3 Å². The number of anilines is 2. The standard InChI is InChI=1S/C32H42ClN5O3S/c1-20(2)30(41-31(40)34-21(3)32(4,5)6)38-26-19-25(33)22(17-23(26)18-28(38)39)11-12-36-13-15-37(16-14-36)29-24-9-7-8-10-27(24)42-35-29/h7-10,17,19-21,30H,11-16,18H2,1-6H3,(H,34,40). The van der Waals surface area contributed by atoms with Gasteiger partial charge in [-0.25, -0.2) is 4.79 Å². The number of hydrogen-bond donors (Lipinski definition) is 1. The van der Waals surface area contributed by atoms with Crippen LogP contribution in [0.4, 0.5) is 16.3 Å². The van der Waals surface area contributed by atoms with Crippen LogP contribution in [0.25, 0.3) is 10.1 Å². The lowest BCUT2D eigenvalue weighted by Crippen LogP contribution is -2.49. The van der Waals surface area contributed by atoms with Crippen LogP contribution in [0, 0.1) is 11.3 Å². The number of ether oxygens (including phenoxy) is 1. The lowest BCUT2D eigenvalue weighted by molar-refractivity contribution is -0.119. The first-order chi connectivity index (χ1) is 19.9. The number of amides is 2. The minimum Gasteiger partial charge on any atom is -0.425 e. The quantitative estimate of drug-likeness (QED) is 0.320. The molecule has 1 saturated heterocycles. The Hall–Kier alpha value is -2.88. The van der Waals surface area contributed by atoms with Crippen molar-refractivity contribution in [2.45, 2.75) is 66.7 Å². The van der Waals surface area contributed by atoms with Gasteiger partial charge in [0.1, 0.15) is 5.82 Å². The van der Waals surface area contributed by atoms with Crippen LogP contribution in [0.3, 0.4) is 0 Å². The van der Waals surface area contributed by atoms with Crippen LogP contribution in [0.15, 0.2) is 36.4 Å². The maximum atomic E-state index is 13.2. The van der Waals surface area contributed by atoms with E-state index in [0.29, 0.717) is 5.02 Å². The van der Waals surface area contributed by atoms with Crippen LogP contribution in [-0.2, 0) is 22.4 Å². The Morgan fingerprint density at radius 1 is 1.12 bits per heavy atom. The molecule has 2 unspecified atom stereocenters. The lowest BCUT2D eigenvalue weighted by Gasteiger charge is -2.35. The molecule has 1 fully saturated rings. The number of hydrogen-bond acceptors (Lipinski definition) is 7. The van der Waals surface area contributed by atoms with Crippen molar-refractivity contribution in [3.8, 4) is 0 Å². The number of nitrogens with zero attached hydrogens (tertiary/aromatic N) is 4. The predicted molar refractivity (Wildman–Crippen MR) is 172 cm³/mol. The van der Waals surface area contributed by atoms with Gasteiger partial charge in [0, 0.05) is 55.1 Å². The van der Waals surface area contributed by atoms with Gasteiger partial charge in [0.05, 0.1) is 16.8 Å². The molecule has 2 aromatic carbocycles. The largest absolute Gasteiger partial charge is 0.425 e. The third-order valence-electron chi connectivity index (χ3n) is 8.53. The van der Waals surface area contributed by atoms with Crippen LogP contribution in [-0.4, -0.2) is 66.3 Å². The van der Waals surface area contributed by atoms with Gasteiger partial charge < -0.3 is 15.0 Å². The maximum absolute atomic E-state index is 13.2. The van der Waals surface area contributed by atoms with Gasteiger partial charge >= 0.3 is 6.09 Å². The number of alkyl carbamates (subject to hydrolysis) is 1. The summed E-state index contributed by atoms with van der Waals surface area (Å²) in [5.41, 5.74) is 2.58. The number of carbonyl (C=O) groups is 2. The number of carbonyl (C=O) groups excluding carboxylic acids is 2. The summed E-state index contributed by atoms with van der Waals surface area (Å²) in [6.45, 7) is 16.7. The average molecular weight is 612 g/mol. The lowest BCUT2D eigenvalue weighted by atomic mass is 9.88. The fraction of sp³-hybridized carbons (Fsp3) is 0.531. The molecule has 2 atom stereocenters. The topological polar surface area (TPSA) is 78.0 Å². The third kappa shape index (κ3) is 6.53. The number of aromatic nitrogens is 1. The molecule has 0 spiro atoms. The van der Waals surface area contributed by atoms with Gasteiger partial charge in [-0.2, -0.15) is 4.37 Å². The van der Waals surface area contributed by atoms with Crippen molar-refractivity contribution in [1.82, 2.24) is 14.6 Å². The van der Waals surface area contributed by atoms with Crippen LogP contribution < -0.4 is 15.1 Å². The molecule has 42 heavy (non-hydrogen) atoms.